The zero-order valence-electron chi connectivity index (χ0n) is 9.48. The van der Waals surface area contributed by atoms with Gasteiger partial charge in [0, 0.05) is 6.42 Å². The maximum Gasteiger partial charge on any atom is 0.431 e. The zero-order valence-corrected chi connectivity index (χ0v) is 9.48. The zero-order chi connectivity index (χ0) is 15.7. The standard InChI is InChI=1S/C9H10F10/c1-2-3-5(7(11,12)13)4-6(10,8(14,15)16)9(17,18)19/h5H,2-4H2,1H3. The minimum Gasteiger partial charge on any atom is -0.224 e. The van der Waals surface area contributed by atoms with Crippen molar-refractivity contribution in [3.8, 4) is 0 Å². The van der Waals surface area contributed by atoms with Gasteiger partial charge in [-0.05, 0) is 6.42 Å². The molecule has 0 radical (unpaired) electrons. The molecule has 0 N–H and O–H groups in total. The average molecular weight is 308 g/mol. The van der Waals surface area contributed by atoms with E-state index in [4.69, 9.17) is 0 Å². The highest BCUT2D eigenvalue weighted by atomic mass is 19.4. The van der Waals surface area contributed by atoms with E-state index in [-0.39, 0.29) is 6.42 Å². The van der Waals surface area contributed by atoms with Crippen LogP contribution < -0.4 is 0 Å². The van der Waals surface area contributed by atoms with Crippen LogP contribution in [0.5, 0.6) is 0 Å². The summed E-state index contributed by atoms with van der Waals surface area (Å²) in [7, 11) is 0. The molecule has 10 heteroatoms. The maximum absolute atomic E-state index is 13.2. The van der Waals surface area contributed by atoms with Crippen molar-refractivity contribution < 1.29 is 43.9 Å². The van der Waals surface area contributed by atoms with Gasteiger partial charge in [-0.3, -0.25) is 0 Å². The molecule has 0 bridgehead atoms. The molecule has 116 valence electrons. The highest BCUT2D eigenvalue weighted by Gasteiger charge is 2.73. The number of rotatable bonds is 4. The van der Waals surface area contributed by atoms with E-state index in [1.54, 1.807) is 0 Å². The quantitative estimate of drug-likeness (QED) is 0.627. The van der Waals surface area contributed by atoms with E-state index in [9.17, 15) is 43.9 Å². The summed E-state index contributed by atoms with van der Waals surface area (Å²) in [6, 6.07) is 0. The Labute approximate surface area is 101 Å². The van der Waals surface area contributed by atoms with Crippen molar-refractivity contribution in [2.24, 2.45) is 5.92 Å². The van der Waals surface area contributed by atoms with Gasteiger partial charge in [-0.25, -0.2) is 4.39 Å². The molecular formula is C9H10F10. The van der Waals surface area contributed by atoms with Gasteiger partial charge < -0.3 is 0 Å². The molecule has 0 aromatic carbocycles. The van der Waals surface area contributed by atoms with Gasteiger partial charge in [0.2, 0.25) is 0 Å². The molecule has 0 fully saturated rings. The SMILES string of the molecule is CCCC(CC(F)(C(F)(F)F)C(F)(F)F)C(F)(F)F. The average Bonchev–Trinajstić information content (AvgIpc) is 2.11. The maximum atomic E-state index is 13.2. The minimum atomic E-state index is -6.46. The van der Waals surface area contributed by atoms with Crippen molar-refractivity contribution in [3.63, 3.8) is 0 Å². The Kier molecular flexibility index (Phi) is 5.16. The Hall–Kier alpha value is -0.700. The number of halogens is 10. The fourth-order valence-corrected chi connectivity index (χ4v) is 1.46. The monoisotopic (exact) mass is 308 g/mol. The van der Waals surface area contributed by atoms with Gasteiger partial charge in [-0.2, -0.15) is 39.5 Å². The molecule has 0 aromatic heterocycles. The van der Waals surface area contributed by atoms with Crippen LogP contribution in [-0.4, -0.2) is 24.2 Å². The fraction of sp³-hybridized carbons (Fsp3) is 1.00. The lowest BCUT2D eigenvalue weighted by atomic mass is 9.87. The van der Waals surface area contributed by atoms with E-state index >= 15 is 0 Å². The Morgan fingerprint density at radius 3 is 1.32 bits per heavy atom. The molecule has 0 aliphatic carbocycles. The highest BCUT2D eigenvalue weighted by molar-refractivity contribution is 4.97. The lowest BCUT2D eigenvalue weighted by molar-refractivity contribution is -0.352. The summed E-state index contributed by atoms with van der Waals surface area (Å²) < 4.78 is 123. The van der Waals surface area contributed by atoms with Gasteiger partial charge in [0.15, 0.2) is 0 Å². The third kappa shape index (κ3) is 4.13. The van der Waals surface area contributed by atoms with Crippen LogP contribution in [0.15, 0.2) is 0 Å². The van der Waals surface area contributed by atoms with Crippen LogP contribution in [-0.2, 0) is 0 Å². The Morgan fingerprint density at radius 2 is 1.11 bits per heavy atom. The molecule has 1 atom stereocenters. The summed E-state index contributed by atoms with van der Waals surface area (Å²) >= 11 is 0. The second kappa shape index (κ2) is 5.35. The van der Waals surface area contributed by atoms with E-state index in [0.717, 1.165) is 6.92 Å². The molecular weight excluding hydrogens is 298 g/mol. The second-order valence-corrected chi connectivity index (χ2v) is 4.03. The third-order valence-electron chi connectivity index (χ3n) is 2.53. The van der Waals surface area contributed by atoms with Crippen LogP contribution >= 0.6 is 0 Å². The number of hydrogen-bond donors (Lipinski definition) is 0. The third-order valence-corrected chi connectivity index (χ3v) is 2.53. The van der Waals surface area contributed by atoms with Crippen LogP contribution in [0.1, 0.15) is 26.2 Å². The summed E-state index contributed by atoms with van der Waals surface area (Å²) in [6.45, 7) is 1.14. The van der Waals surface area contributed by atoms with Gasteiger partial charge in [0.25, 0.3) is 5.67 Å². The van der Waals surface area contributed by atoms with Crippen LogP contribution in [0.4, 0.5) is 43.9 Å². The predicted octanol–water partition coefficient (Wildman–Crippen LogP) is 5.19. The van der Waals surface area contributed by atoms with E-state index in [2.05, 4.69) is 0 Å². The minimum absolute atomic E-state index is 0.323. The summed E-state index contributed by atoms with van der Waals surface area (Å²) in [5.41, 5.74) is -5.87. The molecule has 0 saturated carbocycles. The molecule has 0 spiro atoms. The Bertz CT molecular complexity index is 269. The van der Waals surface area contributed by atoms with E-state index in [1.165, 1.54) is 0 Å². The molecule has 0 aromatic rings. The summed E-state index contributed by atoms with van der Waals surface area (Å²) in [6.07, 6.45) is -22.3. The Morgan fingerprint density at radius 1 is 0.737 bits per heavy atom. The second-order valence-electron chi connectivity index (χ2n) is 4.03. The van der Waals surface area contributed by atoms with E-state index in [0.29, 0.717) is 0 Å². The lowest BCUT2D eigenvalue weighted by Crippen LogP contribution is -2.55. The summed E-state index contributed by atoms with van der Waals surface area (Å²) in [5.74, 6) is -3.01. The van der Waals surface area contributed by atoms with Crippen LogP contribution in [0, 0.1) is 5.92 Å². The van der Waals surface area contributed by atoms with Crippen molar-refractivity contribution >= 4 is 0 Å². The first-order valence-corrected chi connectivity index (χ1v) is 5.06. The lowest BCUT2D eigenvalue weighted by Gasteiger charge is -2.33. The summed E-state index contributed by atoms with van der Waals surface area (Å²) in [4.78, 5) is 0. The first-order chi connectivity index (χ1) is 8.17. The first kappa shape index (κ1) is 18.3. The molecule has 0 amide bonds. The normalized spacial score (nSPS) is 16.6. The molecule has 0 heterocycles. The molecule has 19 heavy (non-hydrogen) atoms. The molecule has 0 aliphatic rings. The predicted molar refractivity (Wildman–Crippen MR) is 45.0 cm³/mol. The van der Waals surface area contributed by atoms with Gasteiger partial charge in [0.1, 0.15) is 0 Å². The van der Waals surface area contributed by atoms with Crippen molar-refractivity contribution in [1.29, 1.82) is 0 Å². The number of hydrogen-bond acceptors (Lipinski definition) is 0. The van der Waals surface area contributed by atoms with Crippen molar-refractivity contribution in [2.45, 2.75) is 50.4 Å². The fourth-order valence-electron chi connectivity index (χ4n) is 1.46. The van der Waals surface area contributed by atoms with Crippen molar-refractivity contribution in [3.05, 3.63) is 0 Å². The highest BCUT2D eigenvalue weighted by Crippen LogP contribution is 2.52. The molecule has 0 aliphatic heterocycles. The van der Waals surface area contributed by atoms with Crippen molar-refractivity contribution in [1.82, 2.24) is 0 Å². The first-order valence-electron chi connectivity index (χ1n) is 5.06. The molecule has 1 unspecified atom stereocenters. The van der Waals surface area contributed by atoms with Crippen molar-refractivity contribution in [2.75, 3.05) is 0 Å². The van der Waals surface area contributed by atoms with Gasteiger partial charge in [-0.15, -0.1) is 0 Å². The molecule has 0 saturated heterocycles. The van der Waals surface area contributed by atoms with Gasteiger partial charge in [-0.1, -0.05) is 13.3 Å². The van der Waals surface area contributed by atoms with E-state index in [1.807, 2.05) is 0 Å². The number of alkyl halides is 10. The summed E-state index contributed by atoms with van der Waals surface area (Å²) in [5, 5.41) is 0. The molecule has 0 rings (SSSR count). The topological polar surface area (TPSA) is 0 Å². The van der Waals surface area contributed by atoms with Crippen LogP contribution in [0.25, 0.3) is 0 Å². The Balaban J connectivity index is 5.45. The van der Waals surface area contributed by atoms with Gasteiger partial charge >= 0.3 is 18.5 Å². The van der Waals surface area contributed by atoms with E-state index < -0.39 is 43.0 Å². The molecule has 0 nitrogen and oxygen atoms in total. The van der Waals surface area contributed by atoms with Gasteiger partial charge in [0.05, 0.1) is 5.92 Å². The van der Waals surface area contributed by atoms with Crippen LogP contribution in [0.3, 0.4) is 0 Å². The van der Waals surface area contributed by atoms with Crippen LogP contribution in [0.2, 0.25) is 0 Å². The largest absolute Gasteiger partial charge is 0.431 e. The smallest absolute Gasteiger partial charge is 0.224 e.